The minimum Gasteiger partial charge on any atom is -0.385 e. The van der Waals surface area contributed by atoms with Crippen LogP contribution in [0.25, 0.3) is 0 Å². The van der Waals surface area contributed by atoms with E-state index < -0.39 is 0 Å². The second kappa shape index (κ2) is 5.58. The zero-order valence-electron chi connectivity index (χ0n) is 9.96. The van der Waals surface area contributed by atoms with Crippen LogP contribution < -0.4 is 5.32 Å². The van der Waals surface area contributed by atoms with Crippen LogP contribution in [-0.4, -0.2) is 25.2 Å². The topological polar surface area (TPSA) is 34.1 Å². The van der Waals surface area contributed by atoms with Gasteiger partial charge in [-0.15, -0.1) is 11.3 Å². The van der Waals surface area contributed by atoms with E-state index in [1.165, 1.54) is 0 Å². The van der Waals surface area contributed by atoms with E-state index in [0.29, 0.717) is 0 Å². The quantitative estimate of drug-likeness (QED) is 0.811. The first-order valence-corrected chi connectivity index (χ1v) is 6.17. The van der Waals surface area contributed by atoms with Gasteiger partial charge in [0, 0.05) is 24.8 Å². The fourth-order valence-electron chi connectivity index (χ4n) is 1.57. The maximum Gasteiger partial charge on any atom is 0.113 e. The van der Waals surface area contributed by atoms with Crippen molar-refractivity contribution in [3.8, 4) is 0 Å². The molecule has 1 N–H and O–H groups in total. The lowest BCUT2D eigenvalue weighted by atomic mass is 9.99. The number of aromatic nitrogens is 1. The summed E-state index contributed by atoms with van der Waals surface area (Å²) in [6.45, 7) is 8.03. The average Bonchev–Trinajstić information content (AvgIpc) is 2.63. The van der Waals surface area contributed by atoms with Crippen molar-refractivity contribution in [1.29, 1.82) is 0 Å². The predicted molar refractivity (Wildman–Crippen MR) is 64.4 cm³/mol. The standard InChI is InChI=1S/C11H20N2OS/c1-5-12-11(3,6-7-14-4)10-13-9(2)8-15-10/h8,12H,5-7H2,1-4H3. The number of nitrogens with one attached hydrogen (secondary N) is 1. The Morgan fingerprint density at radius 3 is 2.80 bits per heavy atom. The highest BCUT2D eigenvalue weighted by Gasteiger charge is 2.28. The molecule has 0 fully saturated rings. The van der Waals surface area contributed by atoms with E-state index in [9.17, 15) is 0 Å². The molecule has 1 unspecified atom stereocenters. The molecule has 0 aliphatic heterocycles. The van der Waals surface area contributed by atoms with Crippen LogP contribution in [0.4, 0.5) is 0 Å². The summed E-state index contributed by atoms with van der Waals surface area (Å²) in [6.07, 6.45) is 0.949. The van der Waals surface area contributed by atoms with Gasteiger partial charge in [-0.1, -0.05) is 6.92 Å². The molecule has 0 aliphatic rings. The molecule has 4 heteroatoms. The van der Waals surface area contributed by atoms with E-state index in [4.69, 9.17) is 4.74 Å². The number of methoxy groups -OCH3 is 1. The summed E-state index contributed by atoms with van der Waals surface area (Å²) in [5.74, 6) is 0. The fourth-order valence-corrected chi connectivity index (χ4v) is 2.54. The lowest BCUT2D eigenvalue weighted by Crippen LogP contribution is -2.40. The maximum atomic E-state index is 5.15. The van der Waals surface area contributed by atoms with Gasteiger partial charge in [-0.05, 0) is 26.8 Å². The van der Waals surface area contributed by atoms with E-state index >= 15 is 0 Å². The molecule has 0 aliphatic carbocycles. The smallest absolute Gasteiger partial charge is 0.113 e. The van der Waals surface area contributed by atoms with Gasteiger partial charge >= 0.3 is 0 Å². The Bertz CT molecular complexity index is 301. The van der Waals surface area contributed by atoms with Crippen LogP contribution in [0.1, 0.15) is 31.0 Å². The second-order valence-electron chi connectivity index (χ2n) is 3.90. The molecule has 15 heavy (non-hydrogen) atoms. The van der Waals surface area contributed by atoms with Gasteiger partial charge in [0.15, 0.2) is 0 Å². The Labute approximate surface area is 95.9 Å². The number of thiazole rings is 1. The molecule has 1 aromatic heterocycles. The van der Waals surface area contributed by atoms with Crippen LogP contribution in [0.5, 0.6) is 0 Å². The van der Waals surface area contributed by atoms with Crippen molar-refractivity contribution in [2.45, 2.75) is 32.7 Å². The summed E-state index contributed by atoms with van der Waals surface area (Å²) in [5, 5.41) is 6.74. The van der Waals surface area contributed by atoms with Crippen LogP contribution in [0.3, 0.4) is 0 Å². The van der Waals surface area contributed by atoms with Gasteiger partial charge in [0.05, 0.1) is 5.54 Å². The zero-order chi connectivity index (χ0) is 11.3. The molecule has 0 saturated carbocycles. The number of nitrogens with zero attached hydrogens (tertiary/aromatic N) is 1. The Hall–Kier alpha value is -0.450. The number of rotatable bonds is 6. The van der Waals surface area contributed by atoms with E-state index in [1.807, 2.05) is 6.92 Å². The first-order chi connectivity index (χ1) is 7.12. The predicted octanol–water partition coefficient (Wildman–Crippen LogP) is 2.31. The highest BCUT2D eigenvalue weighted by molar-refractivity contribution is 7.09. The molecule has 1 heterocycles. The molecule has 0 spiro atoms. The minimum atomic E-state index is -0.0519. The van der Waals surface area contributed by atoms with Gasteiger partial charge in [-0.3, -0.25) is 0 Å². The Morgan fingerprint density at radius 2 is 2.33 bits per heavy atom. The van der Waals surface area contributed by atoms with Crippen LogP contribution in [0.2, 0.25) is 0 Å². The van der Waals surface area contributed by atoms with Crippen LogP contribution >= 0.6 is 11.3 Å². The normalized spacial score (nSPS) is 15.2. The van der Waals surface area contributed by atoms with Gasteiger partial charge in [0.1, 0.15) is 5.01 Å². The zero-order valence-corrected chi connectivity index (χ0v) is 10.8. The van der Waals surface area contributed by atoms with Crippen molar-refractivity contribution >= 4 is 11.3 Å². The second-order valence-corrected chi connectivity index (χ2v) is 4.76. The molecule has 0 bridgehead atoms. The fraction of sp³-hybridized carbons (Fsp3) is 0.727. The first kappa shape index (κ1) is 12.6. The third-order valence-corrected chi connectivity index (χ3v) is 3.69. The molecule has 1 rings (SSSR count). The average molecular weight is 228 g/mol. The van der Waals surface area contributed by atoms with Crippen molar-refractivity contribution in [1.82, 2.24) is 10.3 Å². The van der Waals surface area contributed by atoms with Gasteiger partial charge in [-0.25, -0.2) is 4.98 Å². The van der Waals surface area contributed by atoms with E-state index in [-0.39, 0.29) is 5.54 Å². The molecule has 86 valence electrons. The van der Waals surface area contributed by atoms with Gasteiger partial charge in [-0.2, -0.15) is 0 Å². The lowest BCUT2D eigenvalue weighted by molar-refractivity contribution is 0.160. The van der Waals surface area contributed by atoms with Crippen LogP contribution in [-0.2, 0) is 10.3 Å². The Balaban J connectivity index is 2.79. The summed E-state index contributed by atoms with van der Waals surface area (Å²) < 4.78 is 5.15. The largest absolute Gasteiger partial charge is 0.385 e. The molecular formula is C11H20N2OS. The van der Waals surface area contributed by atoms with Gasteiger partial charge in [0.25, 0.3) is 0 Å². The van der Waals surface area contributed by atoms with E-state index in [0.717, 1.165) is 30.3 Å². The monoisotopic (exact) mass is 228 g/mol. The third-order valence-electron chi connectivity index (χ3n) is 2.46. The van der Waals surface area contributed by atoms with Crippen LogP contribution in [0, 0.1) is 6.92 Å². The highest BCUT2D eigenvalue weighted by atomic mass is 32.1. The van der Waals surface area contributed by atoms with Gasteiger partial charge in [0.2, 0.25) is 0 Å². The number of ether oxygens (including phenoxy) is 1. The summed E-state index contributed by atoms with van der Waals surface area (Å²) in [4.78, 5) is 4.55. The molecule has 1 aromatic rings. The number of hydrogen-bond donors (Lipinski definition) is 1. The summed E-state index contributed by atoms with van der Waals surface area (Å²) in [5.41, 5.74) is 1.04. The van der Waals surface area contributed by atoms with Crippen LogP contribution in [0.15, 0.2) is 5.38 Å². The minimum absolute atomic E-state index is 0.0519. The molecule has 0 aromatic carbocycles. The molecule has 0 amide bonds. The van der Waals surface area contributed by atoms with Crippen molar-refractivity contribution in [2.24, 2.45) is 0 Å². The Kier molecular flexibility index (Phi) is 4.70. The highest BCUT2D eigenvalue weighted by Crippen LogP contribution is 2.27. The van der Waals surface area contributed by atoms with Crippen molar-refractivity contribution < 1.29 is 4.74 Å². The summed E-state index contributed by atoms with van der Waals surface area (Å²) >= 11 is 1.72. The molecule has 0 saturated heterocycles. The maximum absolute atomic E-state index is 5.15. The molecule has 1 atom stereocenters. The number of hydrogen-bond acceptors (Lipinski definition) is 4. The van der Waals surface area contributed by atoms with E-state index in [2.05, 4.69) is 29.5 Å². The summed E-state index contributed by atoms with van der Waals surface area (Å²) in [7, 11) is 1.74. The molecule has 3 nitrogen and oxygen atoms in total. The van der Waals surface area contributed by atoms with Crippen molar-refractivity contribution in [3.05, 3.63) is 16.1 Å². The SMILES string of the molecule is CCNC(C)(CCOC)c1nc(C)cs1. The third kappa shape index (κ3) is 3.26. The van der Waals surface area contributed by atoms with Crippen molar-refractivity contribution in [3.63, 3.8) is 0 Å². The van der Waals surface area contributed by atoms with E-state index in [1.54, 1.807) is 18.4 Å². The van der Waals surface area contributed by atoms with Crippen molar-refractivity contribution in [2.75, 3.05) is 20.3 Å². The molecule has 0 radical (unpaired) electrons. The number of aryl methyl sites for hydroxylation is 1. The lowest BCUT2D eigenvalue weighted by Gasteiger charge is -2.28. The first-order valence-electron chi connectivity index (χ1n) is 5.29. The summed E-state index contributed by atoms with van der Waals surface area (Å²) in [6, 6.07) is 0. The van der Waals surface area contributed by atoms with Gasteiger partial charge < -0.3 is 10.1 Å². The molecular weight excluding hydrogens is 208 g/mol. The Morgan fingerprint density at radius 1 is 1.60 bits per heavy atom.